The summed E-state index contributed by atoms with van der Waals surface area (Å²) < 4.78 is 32.4. The van der Waals surface area contributed by atoms with Gasteiger partial charge in [0.05, 0.1) is 4.90 Å². The smallest absolute Gasteiger partial charge is 0.240 e. The van der Waals surface area contributed by atoms with E-state index in [0.29, 0.717) is 17.5 Å². The Morgan fingerprint density at radius 3 is 2.59 bits per heavy atom. The molecule has 0 unspecified atom stereocenters. The molecule has 7 nitrogen and oxygen atoms in total. The van der Waals surface area contributed by atoms with Crippen LogP contribution in [-0.4, -0.2) is 54.8 Å². The van der Waals surface area contributed by atoms with Crippen molar-refractivity contribution in [3.05, 3.63) is 29.3 Å². The van der Waals surface area contributed by atoms with Crippen LogP contribution in [-0.2, 0) is 14.8 Å². The van der Waals surface area contributed by atoms with Crippen LogP contribution in [0.2, 0.25) is 5.02 Å². The Balaban J connectivity index is 0.00000420. The molecule has 1 aromatic carbocycles. The molecule has 1 saturated carbocycles. The molecule has 166 valence electrons. The molecule has 10 heteroatoms. The molecule has 0 saturated heterocycles. The fourth-order valence-electron chi connectivity index (χ4n) is 3.53. The van der Waals surface area contributed by atoms with Gasteiger partial charge < -0.3 is 15.4 Å². The molecule has 1 aliphatic carbocycles. The van der Waals surface area contributed by atoms with Gasteiger partial charge in [0, 0.05) is 45.4 Å². The van der Waals surface area contributed by atoms with Crippen LogP contribution in [0.3, 0.4) is 0 Å². The summed E-state index contributed by atoms with van der Waals surface area (Å²) in [6, 6.07) is 6.20. The molecule has 0 bridgehead atoms. The fraction of sp³-hybridized carbons (Fsp3) is 0.632. The minimum absolute atomic E-state index is 0. The molecule has 1 fully saturated rings. The summed E-state index contributed by atoms with van der Waals surface area (Å²) in [5, 5.41) is 6.93. The van der Waals surface area contributed by atoms with Crippen LogP contribution < -0.4 is 15.4 Å². The van der Waals surface area contributed by atoms with E-state index in [-0.39, 0.29) is 40.8 Å². The maximum Gasteiger partial charge on any atom is 0.240 e. The lowest BCUT2D eigenvalue weighted by Gasteiger charge is -2.30. The number of nitrogens with one attached hydrogen (secondary N) is 3. The molecule has 0 radical (unpaired) electrons. The number of ether oxygens (including phenoxy) is 1. The summed E-state index contributed by atoms with van der Waals surface area (Å²) in [6.45, 7) is 2.26. The van der Waals surface area contributed by atoms with Crippen molar-refractivity contribution in [1.29, 1.82) is 0 Å². The summed E-state index contributed by atoms with van der Waals surface area (Å²) in [6.07, 6.45) is 5.93. The van der Waals surface area contributed by atoms with Gasteiger partial charge in [-0.3, -0.25) is 4.99 Å². The van der Waals surface area contributed by atoms with E-state index in [0.717, 1.165) is 19.6 Å². The summed E-state index contributed by atoms with van der Waals surface area (Å²) in [5.74, 6) is 0.672. The van der Waals surface area contributed by atoms with Gasteiger partial charge in [0.2, 0.25) is 10.0 Å². The van der Waals surface area contributed by atoms with Gasteiger partial charge in [0.25, 0.3) is 0 Å². The highest BCUT2D eigenvalue weighted by Gasteiger charge is 2.33. The summed E-state index contributed by atoms with van der Waals surface area (Å²) in [7, 11) is -0.134. The Morgan fingerprint density at radius 2 is 1.97 bits per heavy atom. The predicted molar refractivity (Wildman–Crippen MR) is 129 cm³/mol. The highest BCUT2D eigenvalue weighted by atomic mass is 127. The van der Waals surface area contributed by atoms with Crippen molar-refractivity contribution in [2.75, 3.05) is 40.4 Å². The van der Waals surface area contributed by atoms with E-state index < -0.39 is 10.0 Å². The number of aliphatic imine (C=N–C) groups is 1. The lowest BCUT2D eigenvalue weighted by atomic mass is 9.83. The second-order valence-electron chi connectivity index (χ2n) is 7.16. The molecule has 1 aliphatic rings. The molecule has 0 heterocycles. The molecule has 3 N–H and O–H groups in total. The molecule has 29 heavy (non-hydrogen) atoms. The van der Waals surface area contributed by atoms with E-state index in [1.54, 1.807) is 26.3 Å². The zero-order valence-corrected chi connectivity index (χ0v) is 20.9. The maximum absolute atomic E-state index is 12.3. The van der Waals surface area contributed by atoms with Gasteiger partial charge in [0.1, 0.15) is 0 Å². The summed E-state index contributed by atoms with van der Waals surface area (Å²) >= 11 is 5.87. The molecular weight excluding hydrogens is 527 g/mol. The monoisotopic (exact) mass is 558 g/mol. The van der Waals surface area contributed by atoms with Gasteiger partial charge in [-0.1, -0.05) is 30.5 Å². The van der Waals surface area contributed by atoms with Gasteiger partial charge in [-0.15, -0.1) is 24.0 Å². The first-order valence-corrected chi connectivity index (χ1v) is 11.5. The van der Waals surface area contributed by atoms with E-state index in [2.05, 4.69) is 20.3 Å². The van der Waals surface area contributed by atoms with E-state index in [1.165, 1.54) is 37.8 Å². The number of hydrogen-bond donors (Lipinski definition) is 3. The SMILES string of the molecule is CN=C(NCCNS(=O)(=O)c1cccc(Cl)c1)NCC1(CCOC)CCCC1.I. The molecule has 0 spiro atoms. The first-order chi connectivity index (χ1) is 13.4. The minimum Gasteiger partial charge on any atom is -0.385 e. The Labute approximate surface area is 196 Å². The van der Waals surface area contributed by atoms with Crippen LogP contribution in [0.4, 0.5) is 0 Å². The number of methoxy groups -OCH3 is 1. The van der Waals surface area contributed by atoms with Gasteiger partial charge in [-0.05, 0) is 42.9 Å². The second-order valence-corrected chi connectivity index (χ2v) is 9.36. The highest BCUT2D eigenvalue weighted by Crippen LogP contribution is 2.40. The third kappa shape index (κ3) is 8.56. The quantitative estimate of drug-likeness (QED) is 0.178. The number of rotatable bonds is 10. The zero-order valence-electron chi connectivity index (χ0n) is 17.0. The van der Waals surface area contributed by atoms with Crippen molar-refractivity contribution < 1.29 is 13.2 Å². The Kier molecular flexibility index (Phi) is 11.8. The topological polar surface area (TPSA) is 91.8 Å². The Hall–Kier alpha value is -0.620. The highest BCUT2D eigenvalue weighted by molar-refractivity contribution is 14.0. The van der Waals surface area contributed by atoms with Crippen LogP contribution in [0.15, 0.2) is 34.2 Å². The van der Waals surface area contributed by atoms with Crippen molar-refractivity contribution in [3.8, 4) is 0 Å². The third-order valence-corrected chi connectivity index (χ3v) is 6.86. The minimum atomic E-state index is -3.58. The molecular formula is C19H32ClIN4O3S. The number of nitrogens with zero attached hydrogens (tertiary/aromatic N) is 1. The largest absolute Gasteiger partial charge is 0.385 e. The Bertz CT molecular complexity index is 756. The molecule has 2 rings (SSSR count). The van der Waals surface area contributed by atoms with Gasteiger partial charge in [-0.2, -0.15) is 0 Å². The van der Waals surface area contributed by atoms with Crippen LogP contribution >= 0.6 is 35.6 Å². The van der Waals surface area contributed by atoms with Crippen molar-refractivity contribution in [2.24, 2.45) is 10.4 Å². The average Bonchev–Trinajstić information content (AvgIpc) is 3.15. The zero-order chi connectivity index (χ0) is 20.5. The second kappa shape index (κ2) is 12.9. The van der Waals surface area contributed by atoms with Crippen molar-refractivity contribution in [1.82, 2.24) is 15.4 Å². The third-order valence-electron chi connectivity index (χ3n) is 5.17. The average molecular weight is 559 g/mol. The number of sulfonamides is 1. The molecule has 1 aromatic rings. The van der Waals surface area contributed by atoms with Crippen molar-refractivity contribution >= 4 is 51.6 Å². The summed E-state index contributed by atoms with van der Waals surface area (Å²) in [4.78, 5) is 4.39. The first-order valence-electron chi connectivity index (χ1n) is 9.59. The maximum atomic E-state index is 12.3. The molecule has 0 atom stereocenters. The van der Waals surface area contributed by atoms with Crippen LogP contribution in [0.1, 0.15) is 32.1 Å². The fourth-order valence-corrected chi connectivity index (χ4v) is 4.87. The van der Waals surface area contributed by atoms with Gasteiger partial charge in [-0.25, -0.2) is 13.1 Å². The van der Waals surface area contributed by atoms with Crippen molar-refractivity contribution in [3.63, 3.8) is 0 Å². The van der Waals surface area contributed by atoms with Gasteiger partial charge in [0.15, 0.2) is 5.96 Å². The van der Waals surface area contributed by atoms with Crippen LogP contribution in [0.25, 0.3) is 0 Å². The van der Waals surface area contributed by atoms with Crippen LogP contribution in [0.5, 0.6) is 0 Å². The number of guanidine groups is 1. The number of halogens is 2. The molecule has 0 aliphatic heterocycles. The Morgan fingerprint density at radius 1 is 1.24 bits per heavy atom. The van der Waals surface area contributed by atoms with E-state index in [9.17, 15) is 8.42 Å². The first kappa shape index (κ1) is 26.4. The van der Waals surface area contributed by atoms with E-state index >= 15 is 0 Å². The normalized spacial score (nSPS) is 16.3. The lowest BCUT2D eigenvalue weighted by molar-refractivity contribution is 0.138. The summed E-state index contributed by atoms with van der Waals surface area (Å²) in [5.41, 5.74) is 0.252. The molecule has 0 amide bonds. The van der Waals surface area contributed by atoms with Crippen LogP contribution in [0, 0.1) is 5.41 Å². The standard InChI is InChI=1S/C19H31ClN4O3S.HI/c1-21-18(23-15-19(10-13-27-2)8-3-4-9-19)22-11-12-24-28(25,26)17-7-5-6-16(20)14-17;/h5-7,14,24H,3-4,8-13,15H2,1-2H3,(H2,21,22,23);1H. The number of benzene rings is 1. The lowest BCUT2D eigenvalue weighted by Crippen LogP contribution is -2.45. The predicted octanol–water partition coefficient (Wildman–Crippen LogP) is 3.00. The molecule has 0 aromatic heterocycles. The van der Waals surface area contributed by atoms with E-state index in [1.807, 2.05) is 0 Å². The number of hydrogen-bond acceptors (Lipinski definition) is 4. The van der Waals surface area contributed by atoms with E-state index in [4.69, 9.17) is 16.3 Å². The van der Waals surface area contributed by atoms with Gasteiger partial charge >= 0.3 is 0 Å². The van der Waals surface area contributed by atoms with Crippen molar-refractivity contribution in [2.45, 2.75) is 37.0 Å².